The van der Waals surface area contributed by atoms with Crippen LogP contribution in [0.4, 0.5) is 5.69 Å². The molecule has 2 aromatic rings. The van der Waals surface area contributed by atoms with Crippen molar-refractivity contribution in [1.29, 1.82) is 0 Å². The van der Waals surface area contributed by atoms with E-state index in [0.29, 0.717) is 35.2 Å². The van der Waals surface area contributed by atoms with E-state index in [2.05, 4.69) is 5.32 Å². The number of carbonyl (C=O) groups excluding carboxylic acids is 2. The van der Waals surface area contributed by atoms with Crippen LogP contribution in [0.5, 0.6) is 5.75 Å². The van der Waals surface area contributed by atoms with E-state index in [9.17, 15) is 18.0 Å². The number of amides is 2. The van der Waals surface area contributed by atoms with E-state index >= 15 is 0 Å². The Labute approximate surface area is 206 Å². The molecule has 0 saturated carbocycles. The number of halogens is 1. The Hall–Kier alpha value is -2.78. The van der Waals surface area contributed by atoms with Crippen LogP contribution in [-0.4, -0.2) is 57.1 Å². The van der Waals surface area contributed by atoms with E-state index in [1.807, 2.05) is 13.8 Å². The molecule has 0 radical (unpaired) electrons. The number of nitrogens with one attached hydrogen (secondary N) is 1. The number of ether oxygens (including phenoxy) is 1. The second kappa shape index (κ2) is 12.6. The molecule has 0 aliphatic heterocycles. The zero-order valence-corrected chi connectivity index (χ0v) is 21.5. The molecule has 10 heteroatoms. The minimum absolute atomic E-state index is 0.0557. The van der Waals surface area contributed by atoms with E-state index in [1.54, 1.807) is 55.5 Å². The van der Waals surface area contributed by atoms with Gasteiger partial charge >= 0.3 is 0 Å². The van der Waals surface area contributed by atoms with E-state index in [1.165, 1.54) is 4.90 Å². The summed E-state index contributed by atoms with van der Waals surface area (Å²) in [6.45, 7) is 5.92. The molecular formula is C24H32ClN3O5S. The maximum atomic E-state index is 13.5. The third kappa shape index (κ3) is 7.63. The van der Waals surface area contributed by atoms with Gasteiger partial charge < -0.3 is 15.0 Å². The lowest BCUT2D eigenvalue weighted by atomic mass is 10.1. The Kier molecular flexibility index (Phi) is 10.2. The topological polar surface area (TPSA) is 96.0 Å². The minimum atomic E-state index is -3.79. The van der Waals surface area contributed by atoms with Crippen molar-refractivity contribution in [3.05, 3.63) is 59.1 Å². The van der Waals surface area contributed by atoms with E-state index in [0.717, 1.165) is 17.0 Å². The van der Waals surface area contributed by atoms with Crippen molar-refractivity contribution < 1.29 is 22.7 Å². The number of carbonyl (C=O) groups is 2. The predicted molar refractivity (Wildman–Crippen MR) is 135 cm³/mol. The molecule has 0 spiro atoms. The fraction of sp³-hybridized carbons (Fsp3) is 0.417. The summed E-state index contributed by atoms with van der Waals surface area (Å²) in [6.07, 6.45) is 1.78. The second-order valence-corrected chi connectivity index (χ2v) is 10.1. The summed E-state index contributed by atoms with van der Waals surface area (Å²) in [6, 6.07) is 12.6. The first-order valence-corrected chi connectivity index (χ1v) is 13.3. The van der Waals surface area contributed by atoms with Crippen LogP contribution in [0.1, 0.15) is 32.8 Å². The molecule has 0 aliphatic carbocycles. The molecule has 0 unspecified atom stereocenters. The van der Waals surface area contributed by atoms with Crippen molar-refractivity contribution in [2.75, 3.05) is 30.3 Å². The first-order chi connectivity index (χ1) is 16.1. The third-order valence-electron chi connectivity index (χ3n) is 5.13. The van der Waals surface area contributed by atoms with E-state index in [-0.39, 0.29) is 12.5 Å². The van der Waals surface area contributed by atoms with Gasteiger partial charge in [0.25, 0.3) is 0 Å². The number of nitrogens with zero attached hydrogens (tertiary/aromatic N) is 2. The highest BCUT2D eigenvalue weighted by molar-refractivity contribution is 7.92. The Balaban J connectivity index is 2.36. The van der Waals surface area contributed by atoms with Crippen molar-refractivity contribution in [3.8, 4) is 5.75 Å². The van der Waals surface area contributed by atoms with Crippen molar-refractivity contribution >= 4 is 39.1 Å². The van der Waals surface area contributed by atoms with Gasteiger partial charge in [0.15, 0.2) is 0 Å². The van der Waals surface area contributed by atoms with Crippen molar-refractivity contribution in [3.63, 3.8) is 0 Å². The highest BCUT2D eigenvalue weighted by Gasteiger charge is 2.30. The first-order valence-electron chi connectivity index (χ1n) is 11.1. The molecule has 186 valence electrons. The molecular weight excluding hydrogens is 478 g/mol. The molecule has 2 rings (SSSR count). The van der Waals surface area contributed by atoms with Crippen molar-refractivity contribution in [2.45, 2.75) is 39.8 Å². The Morgan fingerprint density at radius 2 is 1.74 bits per heavy atom. The number of anilines is 1. The average molecular weight is 510 g/mol. The lowest BCUT2D eigenvalue weighted by Crippen LogP contribution is -2.51. The highest BCUT2D eigenvalue weighted by atomic mass is 35.5. The van der Waals surface area contributed by atoms with E-state index in [4.69, 9.17) is 16.3 Å². The van der Waals surface area contributed by atoms with Gasteiger partial charge in [-0.1, -0.05) is 36.7 Å². The van der Waals surface area contributed by atoms with Gasteiger partial charge in [0, 0.05) is 18.1 Å². The average Bonchev–Trinajstić information content (AvgIpc) is 2.80. The molecule has 34 heavy (non-hydrogen) atoms. The quantitative estimate of drug-likeness (QED) is 0.472. The summed E-state index contributed by atoms with van der Waals surface area (Å²) < 4.78 is 31.6. The largest absolute Gasteiger partial charge is 0.494 e. The second-order valence-electron chi connectivity index (χ2n) is 7.78. The van der Waals surface area contributed by atoms with Crippen LogP contribution in [0.3, 0.4) is 0 Å². The monoisotopic (exact) mass is 509 g/mol. The lowest BCUT2D eigenvalue weighted by molar-refractivity contribution is -0.139. The maximum absolute atomic E-state index is 13.5. The first kappa shape index (κ1) is 27.5. The Bertz CT molecular complexity index is 1080. The van der Waals surface area contributed by atoms with Gasteiger partial charge in [-0.3, -0.25) is 13.9 Å². The molecule has 0 aromatic heterocycles. The number of hydrogen-bond donors (Lipinski definition) is 1. The van der Waals surface area contributed by atoms with Crippen molar-refractivity contribution in [2.24, 2.45) is 0 Å². The van der Waals surface area contributed by atoms with Gasteiger partial charge in [-0.05, 0) is 56.2 Å². The predicted octanol–water partition coefficient (Wildman–Crippen LogP) is 3.45. The molecule has 0 saturated heterocycles. The third-order valence-corrected chi connectivity index (χ3v) is 6.64. The molecule has 1 N–H and O–H groups in total. The van der Waals surface area contributed by atoms with Crippen LogP contribution in [0.15, 0.2) is 48.5 Å². The van der Waals surface area contributed by atoms with Gasteiger partial charge in [0.1, 0.15) is 18.3 Å². The summed E-state index contributed by atoms with van der Waals surface area (Å²) in [5, 5.41) is 3.24. The van der Waals surface area contributed by atoms with Crippen molar-refractivity contribution in [1.82, 2.24) is 10.2 Å². The fourth-order valence-electron chi connectivity index (χ4n) is 3.28. The summed E-state index contributed by atoms with van der Waals surface area (Å²) in [7, 11) is -3.79. The van der Waals surface area contributed by atoms with Crippen LogP contribution in [0.2, 0.25) is 5.02 Å². The molecule has 2 aromatic carbocycles. The lowest BCUT2D eigenvalue weighted by Gasteiger charge is -2.31. The van der Waals surface area contributed by atoms with Crippen LogP contribution in [0, 0.1) is 0 Å². The summed E-state index contributed by atoms with van der Waals surface area (Å²) in [5.74, 6) is -0.264. The minimum Gasteiger partial charge on any atom is -0.494 e. The number of sulfonamides is 1. The van der Waals surface area contributed by atoms with Gasteiger partial charge in [-0.2, -0.15) is 0 Å². The molecule has 1 atom stereocenters. The normalized spacial score (nSPS) is 12.0. The van der Waals surface area contributed by atoms with Gasteiger partial charge in [0.05, 0.1) is 18.6 Å². The number of rotatable bonds is 12. The van der Waals surface area contributed by atoms with Gasteiger partial charge in [-0.15, -0.1) is 0 Å². The summed E-state index contributed by atoms with van der Waals surface area (Å²) >= 11 is 6.30. The zero-order chi connectivity index (χ0) is 25.3. The maximum Gasteiger partial charge on any atom is 0.244 e. The van der Waals surface area contributed by atoms with Gasteiger partial charge in [0.2, 0.25) is 21.8 Å². The number of benzene rings is 2. The summed E-state index contributed by atoms with van der Waals surface area (Å²) in [4.78, 5) is 27.5. The van der Waals surface area contributed by atoms with E-state index < -0.39 is 28.5 Å². The number of hydrogen-bond acceptors (Lipinski definition) is 5. The van der Waals surface area contributed by atoms with Crippen LogP contribution in [0.25, 0.3) is 0 Å². The van der Waals surface area contributed by atoms with Gasteiger partial charge in [-0.25, -0.2) is 8.42 Å². The summed E-state index contributed by atoms with van der Waals surface area (Å²) in [5.41, 5.74) is 0.972. The molecule has 0 aliphatic rings. The van der Waals surface area contributed by atoms with Crippen LogP contribution < -0.4 is 14.4 Å². The van der Waals surface area contributed by atoms with Crippen LogP contribution >= 0.6 is 11.6 Å². The smallest absolute Gasteiger partial charge is 0.244 e. The molecule has 0 heterocycles. The molecule has 8 nitrogen and oxygen atoms in total. The highest BCUT2D eigenvalue weighted by Crippen LogP contribution is 2.23. The van der Waals surface area contributed by atoms with Crippen LogP contribution in [-0.2, 0) is 26.2 Å². The Morgan fingerprint density at radius 3 is 2.29 bits per heavy atom. The standard InChI is InChI=1S/C24H32ClN3O5S/c1-5-15-26-24(30)18(3)27(16-19-9-7-8-10-22(19)25)23(29)17-28(34(4,31)32)20-11-13-21(14-12-20)33-6-2/h7-14,18H,5-6,15-17H2,1-4H3,(H,26,30)/t18-/m0/s1. The SMILES string of the molecule is CCCNC(=O)[C@H](C)N(Cc1ccccc1Cl)C(=O)CN(c1ccc(OCC)cc1)S(C)(=O)=O. The molecule has 0 fully saturated rings. The molecule has 0 bridgehead atoms. The fourth-order valence-corrected chi connectivity index (χ4v) is 4.32. The molecule has 2 amide bonds. The zero-order valence-electron chi connectivity index (χ0n) is 20.0. The Morgan fingerprint density at radius 1 is 1.09 bits per heavy atom.